The van der Waals surface area contributed by atoms with Crippen molar-refractivity contribution in [2.75, 3.05) is 46.6 Å². The Morgan fingerprint density at radius 1 is 0.967 bits per heavy atom. The Kier molecular flexibility index (Phi) is 17.0. The molecule has 1 aliphatic heterocycles. The number of nitrogens with zero attached hydrogens (tertiary/aromatic N) is 3. The summed E-state index contributed by atoms with van der Waals surface area (Å²) in [6, 6.07) is 23.8. The van der Waals surface area contributed by atoms with E-state index in [-0.39, 0.29) is 11.8 Å². The molecule has 4 aromatic carbocycles. The summed E-state index contributed by atoms with van der Waals surface area (Å²) in [6.07, 6.45) is 2.82. The predicted molar refractivity (Wildman–Crippen MR) is 230 cm³/mol. The molecular formula is C44H49Cl2N3O10S. The molecule has 4 aromatic rings. The van der Waals surface area contributed by atoms with Crippen molar-refractivity contribution in [2.24, 2.45) is 0 Å². The van der Waals surface area contributed by atoms with E-state index in [1.807, 2.05) is 74.6 Å². The summed E-state index contributed by atoms with van der Waals surface area (Å²) in [6.45, 7) is 5.20. The summed E-state index contributed by atoms with van der Waals surface area (Å²) in [4.78, 5) is 50.0. The van der Waals surface area contributed by atoms with Gasteiger partial charge < -0.3 is 35.0 Å². The number of carboxylic acid groups (broad SMARTS) is 3. The fraction of sp³-hybridized carbons (Fsp3) is 0.386. The zero-order valence-electron chi connectivity index (χ0n) is 33.8. The van der Waals surface area contributed by atoms with Crippen molar-refractivity contribution in [3.05, 3.63) is 105 Å². The van der Waals surface area contributed by atoms with E-state index in [9.17, 15) is 28.6 Å². The van der Waals surface area contributed by atoms with Gasteiger partial charge in [0.2, 0.25) is 0 Å². The Bertz CT molecular complexity index is 2270. The number of carboxylic acids is 3. The van der Waals surface area contributed by atoms with Crippen LogP contribution in [-0.4, -0.2) is 110 Å². The van der Waals surface area contributed by atoms with Crippen LogP contribution in [-0.2, 0) is 31.6 Å². The lowest BCUT2D eigenvalue weighted by atomic mass is 9.88. The summed E-state index contributed by atoms with van der Waals surface area (Å²) >= 11 is 12.8. The first-order valence-electron chi connectivity index (χ1n) is 19.2. The molecule has 1 fully saturated rings. The van der Waals surface area contributed by atoms with E-state index in [0.29, 0.717) is 51.4 Å². The molecule has 1 amide bonds. The molecule has 0 bridgehead atoms. The monoisotopic (exact) mass is 881 g/mol. The van der Waals surface area contributed by atoms with Gasteiger partial charge in [-0.1, -0.05) is 78.7 Å². The van der Waals surface area contributed by atoms with Crippen LogP contribution < -0.4 is 4.74 Å². The minimum Gasteiger partial charge on any atom is -0.495 e. The maximum Gasteiger partial charge on any atom is 0.336 e. The molecule has 13 nitrogen and oxygen atoms in total. The van der Waals surface area contributed by atoms with Crippen LogP contribution in [0.25, 0.3) is 10.8 Å². The Morgan fingerprint density at radius 3 is 2.10 bits per heavy atom. The predicted octanol–water partition coefficient (Wildman–Crippen LogP) is 7.20. The van der Waals surface area contributed by atoms with Crippen molar-refractivity contribution in [2.45, 2.75) is 67.8 Å². The number of rotatable bonds is 16. The molecule has 5 rings (SSSR count). The van der Waals surface area contributed by atoms with Gasteiger partial charge in [0.05, 0.1) is 51.9 Å². The van der Waals surface area contributed by atoms with Gasteiger partial charge in [0.25, 0.3) is 5.91 Å². The second-order valence-electron chi connectivity index (χ2n) is 14.7. The topological polar surface area (TPSA) is 206 Å². The lowest BCUT2D eigenvalue weighted by Crippen LogP contribution is -2.42. The number of aliphatic hydroxyl groups is 1. The van der Waals surface area contributed by atoms with Crippen molar-refractivity contribution in [3.63, 3.8) is 0 Å². The number of benzene rings is 4. The van der Waals surface area contributed by atoms with Crippen molar-refractivity contribution in [1.82, 2.24) is 9.80 Å². The Morgan fingerprint density at radius 2 is 1.57 bits per heavy atom. The average Bonchev–Trinajstić information content (AvgIpc) is 3.21. The number of fused-ring (bicyclic) bond motifs is 1. The third-order valence-electron chi connectivity index (χ3n) is 10.7. The van der Waals surface area contributed by atoms with Gasteiger partial charge in [-0.05, 0) is 91.5 Å². The second kappa shape index (κ2) is 21.5. The van der Waals surface area contributed by atoms with Gasteiger partial charge in [0.15, 0.2) is 5.60 Å². The zero-order chi connectivity index (χ0) is 44.3. The molecule has 1 heterocycles. The Labute approximate surface area is 361 Å². The van der Waals surface area contributed by atoms with E-state index in [1.165, 1.54) is 5.56 Å². The first-order chi connectivity index (χ1) is 28.5. The van der Waals surface area contributed by atoms with Crippen LogP contribution in [0.1, 0.15) is 83.5 Å². The summed E-state index contributed by atoms with van der Waals surface area (Å²) < 4.78 is 18.0. The number of carbonyl (C=O) groups excluding carboxylic acids is 1. The standard InChI is InChI=1S/C38H41Cl2N3O3S.C6H8O7/c1-5-28-32(23-41)37(46-3)31-12-7-6-11-30(31)36(28)38(44)42(2)24-27(26-14-15-33(39)34(40)22-26)18-21-43-19-16-25(17-20-43)29-10-8-9-13-35(29)47(4)45;7-3(8)1-6(13,5(11)12)2-4(9)10/h6-15,22,25,27H,5,16-21,24H2,1-4H3;13H,1-2H2,(H,7,8)(H,9,10)(H,11,12)/t27?,47-;/m0./s1. The molecule has 16 heteroatoms. The van der Waals surface area contributed by atoms with E-state index in [2.05, 4.69) is 17.0 Å². The van der Waals surface area contributed by atoms with Crippen LogP contribution >= 0.6 is 23.2 Å². The molecule has 0 aliphatic carbocycles. The van der Waals surface area contributed by atoms with Crippen LogP contribution in [0.3, 0.4) is 0 Å². The van der Waals surface area contributed by atoms with Gasteiger partial charge in [0.1, 0.15) is 11.8 Å². The fourth-order valence-corrected chi connectivity index (χ4v) is 8.86. The third kappa shape index (κ3) is 11.6. The van der Waals surface area contributed by atoms with E-state index < -0.39 is 47.2 Å². The van der Waals surface area contributed by atoms with Gasteiger partial charge >= 0.3 is 17.9 Å². The maximum atomic E-state index is 14.3. The molecule has 0 spiro atoms. The van der Waals surface area contributed by atoms with Crippen molar-refractivity contribution < 1.29 is 48.6 Å². The molecule has 1 aliphatic rings. The number of hydrogen-bond acceptors (Lipinski definition) is 9. The highest BCUT2D eigenvalue weighted by Gasteiger charge is 2.41. The fourth-order valence-electron chi connectivity index (χ4n) is 7.72. The number of hydrogen-bond donors (Lipinski definition) is 4. The first-order valence-corrected chi connectivity index (χ1v) is 21.5. The van der Waals surface area contributed by atoms with Gasteiger partial charge in [-0.3, -0.25) is 18.6 Å². The SMILES string of the molecule is CCc1c(C#N)c(OC)c2ccccc2c1C(=O)N(C)CC(CCN1CCC(c2ccccc2[S@](C)=O)CC1)c1ccc(Cl)c(Cl)c1.O=C(O)CC(O)(CC(=O)O)C(=O)O. The van der Waals surface area contributed by atoms with E-state index in [4.69, 9.17) is 48.4 Å². The van der Waals surface area contributed by atoms with Crippen molar-refractivity contribution in [1.29, 1.82) is 5.26 Å². The highest BCUT2D eigenvalue weighted by molar-refractivity contribution is 7.84. The van der Waals surface area contributed by atoms with Gasteiger partial charge in [-0.25, -0.2) is 4.79 Å². The molecule has 320 valence electrons. The smallest absolute Gasteiger partial charge is 0.336 e. The number of ether oxygens (including phenoxy) is 1. The lowest BCUT2D eigenvalue weighted by Gasteiger charge is -2.34. The number of halogens is 2. The van der Waals surface area contributed by atoms with Crippen LogP contribution in [0.15, 0.2) is 71.6 Å². The summed E-state index contributed by atoms with van der Waals surface area (Å²) in [5.74, 6) is -4.25. The molecule has 2 atom stereocenters. The minimum atomic E-state index is -2.74. The van der Waals surface area contributed by atoms with Crippen molar-refractivity contribution >= 4 is 68.6 Å². The highest BCUT2D eigenvalue weighted by atomic mass is 35.5. The summed E-state index contributed by atoms with van der Waals surface area (Å²) in [5, 5.41) is 46.4. The molecule has 0 radical (unpaired) electrons. The number of amides is 1. The average molecular weight is 883 g/mol. The van der Waals surface area contributed by atoms with Crippen LogP contribution in [0.4, 0.5) is 0 Å². The zero-order valence-corrected chi connectivity index (χ0v) is 36.1. The molecule has 4 N–H and O–H groups in total. The summed E-state index contributed by atoms with van der Waals surface area (Å²) in [5.41, 5.74) is 1.15. The number of piperidine rings is 1. The molecule has 60 heavy (non-hydrogen) atoms. The van der Waals surface area contributed by atoms with Gasteiger partial charge in [-0.2, -0.15) is 5.26 Å². The maximum absolute atomic E-state index is 14.3. The van der Waals surface area contributed by atoms with Crippen LogP contribution in [0.2, 0.25) is 10.0 Å². The largest absolute Gasteiger partial charge is 0.495 e. The van der Waals surface area contributed by atoms with Crippen LogP contribution in [0, 0.1) is 11.3 Å². The Balaban J connectivity index is 0.000000526. The first kappa shape index (κ1) is 47.6. The summed E-state index contributed by atoms with van der Waals surface area (Å²) in [7, 11) is 2.38. The van der Waals surface area contributed by atoms with E-state index >= 15 is 0 Å². The quantitative estimate of drug-likeness (QED) is 0.0882. The van der Waals surface area contributed by atoms with Crippen molar-refractivity contribution in [3.8, 4) is 11.8 Å². The normalized spacial score (nSPS) is 14.3. The molecule has 1 saturated heterocycles. The number of nitriles is 1. The van der Waals surface area contributed by atoms with E-state index in [1.54, 1.807) is 18.3 Å². The van der Waals surface area contributed by atoms with Crippen LogP contribution in [0.5, 0.6) is 5.75 Å². The molecule has 0 saturated carbocycles. The molecule has 1 unspecified atom stereocenters. The third-order valence-corrected chi connectivity index (χ3v) is 12.5. The Hall–Kier alpha value is -5.04. The number of carbonyl (C=O) groups is 4. The minimum absolute atomic E-state index is 0.00436. The number of methoxy groups -OCH3 is 1. The molecule has 0 aromatic heterocycles. The number of aliphatic carboxylic acids is 3. The van der Waals surface area contributed by atoms with E-state index in [0.717, 1.165) is 60.1 Å². The second-order valence-corrected chi connectivity index (χ2v) is 16.9. The number of likely N-dealkylation sites (tertiary alicyclic amines) is 1. The lowest BCUT2D eigenvalue weighted by molar-refractivity contribution is -0.170. The molecular weight excluding hydrogens is 833 g/mol. The number of likely N-dealkylation sites (N-methyl/N-ethyl adjacent to an activating group) is 1. The highest BCUT2D eigenvalue weighted by Crippen LogP contribution is 2.38. The van der Waals surface area contributed by atoms with Gasteiger partial charge in [0, 0.05) is 36.0 Å². The van der Waals surface area contributed by atoms with Gasteiger partial charge in [-0.15, -0.1) is 0 Å².